The molecule has 2 atom stereocenters. The fourth-order valence-corrected chi connectivity index (χ4v) is 2.59. The summed E-state index contributed by atoms with van der Waals surface area (Å²) in [4.78, 5) is 14.4. The number of nitrogens with zero attached hydrogens (tertiary/aromatic N) is 3. The van der Waals surface area contributed by atoms with Gasteiger partial charge in [0.2, 0.25) is 0 Å². The van der Waals surface area contributed by atoms with Crippen LogP contribution in [0.3, 0.4) is 0 Å². The van der Waals surface area contributed by atoms with E-state index >= 15 is 0 Å². The van der Waals surface area contributed by atoms with E-state index in [-0.39, 0.29) is 11.9 Å². The first-order valence-electron chi connectivity index (χ1n) is 6.16. The van der Waals surface area contributed by atoms with Crippen LogP contribution in [-0.2, 0) is 6.54 Å². The number of nitrogen functional groups attached to an aromatic ring is 1. The molecule has 1 saturated heterocycles. The van der Waals surface area contributed by atoms with Crippen LogP contribution in [0.15, 0.2) is 6.20 Å². The summed E-state index contributed by atoms with van der Waals surface area (Å²) in [6, 6.07) is 0.289. The summed E-state index contributed by atoms with van der Waals surface area (Å²) in [5.41, 5.74) is 6.85. The van der Waals surface area contributed by atoms with Crippen molar-refractivity contribution in [3.05, 3.63) is 11.9 Å². The molecular formula is C12H20N4O. The molecule has 2 unspecified atom stereocenters. The second-order valence-electron chi connectivity index (χ2n) is 4.91. The Morgan fingerprint density at radius 3 is 2.82 bits per heavy atom. The number of nitrogens with two attached hydrogens (primary N) is 1. The fourth-order valence-electron chi connectivity index (χ4n) is 2.59. The van der Waals surface area contributed by atoms with E-state index in [0.717, 1.165) is 13.0 Å². The number of likely N-dealkylation sites (tertiary alicyclic amines) is 1. The lowest BCUT2D eigenvalue weighted by Gasteiger charge is -2.22. The third-order valence-electron chi connectivity index (χ3n) is 3.41. The van der Waals surface area contributed by atoms with E-state index in [0.29, 0.717) is 23.8 Å². The van der Waals surface area contributed by atoms with Gasteiger partial charge in [-0.25, -0.2) is 0 Å². The molecule has 1 aliphatic heterocycles. The van der Waals surface area contributed by atoms with Crippen molar-refractivity contribution >= 4 is 11.6 Å². The summed E-state index contributed by atoms with van der Waals surface area (Å²) in [6.07, 6.45) is 2.62. The van der Waals surface area contributed by atoms with Crippen LogP contribution in [0.5, 0.6) is 0 Å². The highest BCUT2D eigenvalue weighted by Crippen LogP contribution is 2.25. The monoisotopic (exact) mass is 236 g/mol. The Balaban J connectivity index is 2.28. The maximum absolute atomic E-state index is 12.4. The highest BCUT2D eigenvalue weighted by molar-refractivity contribution is 5.97. The van der Waals surface area contributed by atoms with Gasteiger partial charge >= 0.3 is 0 Å². The highest BCUT2D eigenvalue weighted by atomic mass is 16.2. The number of rotatable bonds is 2. The van der Waals surface area contributed by atoms with Crippen molar-refractivity contribution < 1.29 is 4.79 Å². The Hall–Kier alpha value is -1.52. The van der Waals surface area contributed by atoms with Crippen molar-refractivity contribution in [2.75, 3.05) is 12.3 Å². The quantitative estimate of drug-likeness (QED) is 0.843. The predicted octanol–water partition coefficient (Wildman–Crippen LogP) is 1.36. The molecule has 1 fully saturated rings. The first-order chi connectivity index (χ1) is 8.04. The zero-order valence-electron chi connectivity index (χ0n) is 10.7. The summed E-state index contributed by atoms with van der Waals surface area (Å²) in [7, 11) is 0. The average Bonchev–Trinajstić information content (AvgIpc) is 2.80. The lowest BCUT2D eigenvalue weighted by Crippen LogP contribution is -2.35. The molecule has 0 aromatic carbocycles. The Bertz CT molecular complexity index is 426. The first-order valence-corrected chi connectivity index (χ1v) is 6.16. The van der Waals surface area contributed by atoms with Crippen molar-refractivity contribution in [1.29, 1.82) is 0 Å². The molecular weight excluding hydrogens is 216 g/mol. The number of aromatic nitrogens is 2. The van der Waals surface area contributed by atoms with Crippen LogP contribution in [0.25, 0.3) is 0 Å². The van der Waals surface area contributed by atoms with E-state index < -0.39 is 0 Å². The molecule has 2 N–H and O–H groups in total. The normalized spacial score (nSPS) is 24.3. The number of aryl methyl sites for hydroxylation is 1. The minimum Gasteiger partial charge on any atom is -0.396 e. The number of anilines is 1. The van der Waals surface area contributed by atoms with Gasteiger partial charge in [0.25, 0.3) is 5.91 Å². The lowest BCUT2D eigenvalue weighted by molar-refractivity contribution is 0.0732. The third kappa shape index (κ3) is 2.01. The van der Waals surface area contributed by atoms with Gasteiger partial charge in [-0.3, -0.25) is 9.48 Å². The Kier molecular flexibility index (Phi) is 3.09. The molecule has 1 amide bonds. The minimum absolute atomic E-state index is 0.0127. The topological polar surface area (TPSA) is 64.2 Å². The van der Waals surface area contributed by atoms with E-state index in [9.17, 15) is 4.79 Å². The van der Waals surface area contributed by atoms with Crippen LogP contribution < -0.4 is 5.73 Å². The van der Waals surface area contributed by atoms with Gasteiger partial charge in [-0.2, -0.15) is 5.10 Å². The van der Waals surface area contributed by atoms with Gasteiger partial charge in [0.05, 0.1) is 11.9 Å². The fraction of sp³-hybridized carbons (Fsp3) is 0.667. The number of hydrogen-bond donors (Lipinski definition) is 1. The van der Waals surface area contributed by atoms with Crippen LogP contribution in [0.2, 0.25) is 0 Å². The number of carbonyl (C=O) groups excluding carboxylic acids is 1. The number of hydrogen-bond acceptors (Lipinski definition) is 3. The maximum Gasteiger partial charge on any atom is 0.274 e. The van der Waals surface area contributed by atoms with Crippen molar-refractivity contribution in [2.24, 2.45) is 5.92 Å². The van der Waals surface area contributed by atoms with Gasteiger partial charge in [0, 0.05) is 19.1 Å². The SMILES string of the molecule is CCn1ncc(N)c1C(=O)N1CC(C)CC1C. The number of amides is 1. The van der Waals surface area contributed by atoms with Gasteiger partial charge in [-0.05, 0) is 26.2 Å². The minimum atomic E-state index is 0.0127. The van der Waals surface area contributed by atoms with Gasteiger partial charge in [0.1, 0.15) is 5.69 Å². The molecule has 2 rings (SSSR count). The van der Waals surface area contributed by atoms with Crippen LogP contribution in [0.4, 0.5) is 5.69 Å². The first kappa shape index (κ1) is 12.0. The molecule has 2 heterocycles. The maximum atomic E-state index is 12.4. The molecule has 0 saturated carbocycles. The van der Waals surface area contributed by atoms with E-state index in [2.05, 4.69) is 18.9 Å². The smallest absolute Gasteiger partial charge is 0.274 e. The molecule has 1 aromatic rings. The molecule has 0 spiro atoms. The van der Waals surface area contributed by atoms with Gasteiger partial charge < -0.3 is 10.6 Å². The molecule has 1 aliphatic rings. The van der Waals surface area contributed by atoms with Crippen LogP contribution in [0.1, 0.15) is 37.7 Å². The summed E-state index contributed by atoms with van der Waals surface area (Å²) >= 11 is 0. The summed E-state index contributed by atoms with van der Waals surface area (Å²) < 4.78 is 1.67. The van der Waals surface area contributed by atoms with Crippen molar-refractivity contribution in [3.8, 4) is 0 Å². The molecule has 0 radical (unpaired) electrons. The summed E-state index contributed by atoms with van der Waals surface area (Å²) in [5, 5.41) is 4.11. The zero-order chi connectivity index (χ0) is 12.6. The Labute approximate surface area is 102 Å². The lowest BCUT2D eigenvalue weighted by atomic mass is 10.1. The second kappa shape index (κ2) is 4.39. The molecule has 17 heavy (non-hydrogen) atoms. The van der Waals surface area contributed by atoms with Crippen molar-refractivity contribution in [3.63, 3.8) is 0 Å². The van der Waals surface area contributed by atoms with E-state index in [1.54, 1.807) is 10.9 Å². The summed E-state index contributed by atoms with van der Waals surface area (Å²) in [5.74, 6) is 0.576. The van der Waals surface area contributed by atoms with Crippen molar-refractivity contribution in [2.45, 2.75) is 39.8 Å². The zero-order valence-corrected chi connectivity index (χ0v) is 10.7. The van der Waals surface area contributed by atoms with Crippen LogP contribution in [0, 0.1) is 5.92 Å². The standard InChI is InChI=1S/C12H20N4O/c1-4-16-11(10(13)6-14-16)12(17)15-7-8(2)5-9(15)3/h6,8-9H,4-5,7,13H2,1-3H3. The molecule has 94 valence electrons. The second-order valence-corrected chi connectivity index (χ2v) is 4.91. The predicted molar refractivity (Wildman–Crippen MR) is 66.6 cm³/mol. The van der Waals surface area contributed by atoms with E-state index in [1.807, 2.05) is 11.8 Å². The Morgan fingerprint density at radius 2 is 2.29 bits per heavy atom. The van der Waals surface area contributed by atoms with Gasteiger partial charge in [-0.15, -0.1) is 0 Å². The van der Waals surface area contributed by atoms with Crippen LogP contribution in [-0.4, -0.2) is 33.2 Å². The molecule has 0 aliphatic carbocycles. The van der Waals surface area contributed by atoms with E-state index in [1.165, 1.54) is 0 Å². The van der Waals surface area contributed by atoms with Crippen LogP contribution >= 0.6 is 0 Å². The molecule has 5 nitrogen and oxygen atoms in total. The Morgan fingerprint density at radius 1 is 1.59 bits per heavy atom. The highest BCUT2D eigenvalue weighted by Gasteiger charge is 2.32. The average molecular weight is 236 g/mol. The van der Waals surface area contributed by atoms with Gasteiger partial charge in [-0.1, -0.05) is 6.92 Å². The van der Waals surface area contributed by atoms with Gasteiger partial charge in [0.15, 0.2) is 0 Å². The third-order valence-corrected chi connectivity index (χ3v) is 3.41. The van der Waals surface area contributed by atoms with E-state index in [4.69, 9.17) is 5.73 Å². The molecule has 1 aromatic heterocycles. The van der Waals surface area contributed by atoms with Crippen molar-refractivity contribution in [1.82, 2.24) is 14.7 Å². The largest absolute Gasteiger partial charge is 0.396 e. The number of carbonyl (C=O) groups is 1. The summed E-state index contributed by atoms with van der Waals surface area (Å²) in [6.45, 7) is 7.69. The molecule has 5 heteroatoms. The molecule has 0 bridgehead atoms.